The molecule has 0 saturated carbocycles. The van der Waals surface area contributed by atoms with Crippen LogP contribution in [-0.2, 0) is 6.42 Å². The van der Waals surface area contributed by atoms with Crippen LogP contribution in [0.5, 0.6) is 0 Å². The van der Waals surface area contributed by atoms with Crippen molar-refractivity contribution < 1.29 is 5.11 Å². The summed E-state index contributed by atoms with van der Waals surface area (Å²) in [5.74, 6) is 0. The summed E-state index contributed by atoms with van der Waals surface area (Å²) in [5, 5.41) is 8.90. The summed E-state index contributed by atoms with van der Waals surface area (Å²) < 4.78 is 0. The number of benzene rings is 1. The fourth-order valence-corrected chi connectivity index (χ4v) is 1.74. The molecule has 0 aliphatic heterocycles. The van der Waals surface area contributed by atoms with Crippen LogP contribution in [0.1, 0.15) is 5.56 Å². The Morgan fingerprint density at radius 1 is 1.00 bits per heavy atom. The maximum atomic E-state index is 8.90. The van der Waals surface area contributed by atoms with E-state index in [1.807, 2.05) is 24.3 Å². The molecule has 17 heavy (non-hydrogen) atoms. The molecule has 3 nitrogen and oxygen atoms in total. The average molecular weight is 228 g/mol. The summed E-state index contributed by atoms with van der Waals surface area (Å²) in [6, 6.07) is 12.0. The van der Waals surface area contributed by atoms with Gasteiger partial charge in [0.1, 0.15) is 0 Å². The van der Waals surface area contributed by atoms with Gasteiger partial charge in [0.25, 0.3) is 0 Å². The minimum atomic E-state index is -0.179. The average Bonchev–Trinajstić information content (AvgIpc) is 2.40. The SMILES string of the molecule is NC(CO)Cc1ccc(-c2ccncc2)cc1. The summed E-state index contributed by atoms with van der Waals surface area (Å²) in [4.78, 5) is 3.99. The number of nitrogens with two attached hydrogens (primary N) is 1. The summed E-state index contributed by atoms with van der Waals surface area (Å²) in [7, 11) is 0. The van der Waals surface area contributed by atoms with Crippen LogP contribution in [0.2, 0.25) is 0 Å². The van der Waals surface area contributed by atoms with E-state index in [2.05, 4.69) is 17.1 Å². The van der Waals surface area contributed by atoms with Crippen molar-refractivity contribution in [1.82, 2.24) is 4.98 Å². The number of hydrogen-bond acceptors (Lipinski definition) is 3. The third kappa shape index (κ3) is 3.12. The van der Waals surface area contributed by atoms with E-state index in [-0.39, 0.29) is 12.6 Å². The second kappa shape index (κ2) is 5.57. The monoisotopic (exact) mass is 228 g/mol. The van der Waals surface area contributed by atoms with Crippen molar-refractivity contribution in [2.75, 3.05) is 6.61 Å². The molecule has 3 heteroatoms. The Morgan fingerprint density at radius 2 is 1.59 bits per heavy atom. The fourth-order valence-electron chi connectivity index (χ4n) is 1.74. The van der Waals surface area contributed by atoms with Crippen LogP contribution in [0.25, 0.3) is 11.1 Å². The molecular weight excluding hydrogens is 212 g/mol. The highest BCUT2D eigenvalue weighted by molar-refractivity contribution is 5.62. The maximum absolute atomic E-state index is 8.90. The van der Waals surface area contributed by atoms with Crippen LogP contribution in [-0.4, -0.2) is 22.7 Å². The lowest BCUT2D eigenvalue weighted by Gasteiger charge is -2.08. The topological polar surface area (TPSA) is 59.1 Å². The Hall–Kier alpha value is -1.71. The summed E-state index contributed by atoms with van der Waals surface area (Å²) >= 11 is 0. The molecule has 1 aromatic carbocycles. The molecule has 1 atom stereocenters. The second-order valence-corrected chi connectivity index (χ2v) is 4.08. The van der Waals surface area contributed by atoms with E-state index < -0.39 is 0 Å². The molecule has 0 aliphatic carbocycles. The Balaban J connectivity index is 2.13. The molecule has 0 saturated heterocycles. The molecular formula is C14H16N2O. The van der Waals surface area contributed by atoms with Crippen molar-refractivity contribution in [2.45, 2.75) is 12.5 Å². The largest absolute Gasteiger partial charge is 0.395 e. The maximum Gasteiger partial charge on any atom is 0.0585 e. The lowest BCUT2D eigenvalue weighted by molar-refractivity contribution is 0.265. The van der Waals surface area contributed by atoms with Gasteiger partial charge in [-0.25, -0.2) is 0 Å². The van der Waals surface area contributed by atoms with E-state index in [1.165, 1.54) is 0 Å². The van der Waals surface area contributed by atoms with Gasteiger partial charge in [0.15, 0.2) is 0 Å². The second-order valence-electron chi connectivity index (χ2n) is 4.08. The summed E-state index contributed by atoms with van der Waals surface area (Å²) in [6.07, 6.45) is 4.27. The first-order chi connectivity index (χ1) is 8.29. The molecule has 0 amide bonds. The molecule has 2 rings (SSSR count). The van der Waals surface area contributed by atoms with Gasteiger partial charge >= 0.3 is 0 Å². The van der Waals surface area contributed by atoms with Gasteiger partial charge in [-0.2, -0.15) is 0 Å². The Bertz CT molecular complexity index is 453. The van der Waals surface area contributed by atoms with Gasteiger partial charge in [0.05, 0.1) is 6.61 Å². The fraction of sp³-hybridized carbons (Fsp3) is 0.214. The highest BCUT2D eigenvalue weighted by Crippen LogP contribution is 2.18. The van der Waals surface area contributed by atoms with Crippen LogP contribution >= 0.6 is 0 Å². The van der Waals surface area contributed by atoms with Gasteiger partial charge in [0, 0.05) is 18.4 Å². The van der Waals surface area contributed by atoms with Crippen molar-refractivity contribution in [3.05, 3.63) is 54.4 Å². The number of aliphatic hydroxyl groups excluding tert-OH is 1. The molecule has 0 aliphatic rings. The summed E-state index contributed by atoms with van der Waals surface area (Å²) in [6.45, 7) is 0.0199. The molecule has 0 radical (unpaired) electrons. The van der Waals surface area contributed by atoms with Crippen LogP contribution < -0.4 is 5.73 Å². The van der Waals surface area contributed by atoms with Crippen LogP contribution in [0.4, 0.5) is 0 Å². The van der Waals surface area contributed by atoms with Crippen molar-refractivity contribution in [3.63, 3.8) is 0 Å². The smallest absolute Gasteiger partial charge is 0.0585 e. The van der Waals surface area contributed by atoms with Gasteiger partial charge in [-0.15, -0.1) is 0 Å². The van der Waals surface area contributed by atoms with E-state index in [0.717, 1.165) is 16.7 Å². The van der Waals surface area contributed by atoms with E-state index >= 15 is 0 Å². The molecule has 0 fully saturated rings. The number of pyridine rings is 1. The minimum Gasteiger partial charge on any atom is -0.395 e. The molecule has 0 bridgehead atoms. The molecule has 1 heterocycles. The Labute approximate surface area is 101 Å². The number of rotatable bonds is 4. The lowest BCUT2D eigenvalue weighted by atomic mass is 10.0. The van der Waals surface area contributed by atoms with E-state index in [1.54, 1.807) is 12.4 Å². The third-order valence-electron chi connectivity index (χ3n) is 2.70. The highest BCUT2D eigenvalue weighted by atomic mass is 16.3. The Kier molecular flexibility index (Phi) is 3.85. The van der Waals surface area contributed by atoms with Crippen molar-refractivity contribution >= 4 is 0 Å². The lowest BCUT2D eigenvalue weighted by Crippen LogP contribution is -2.26. The number of hydrogen-bond donors (Lipinski definition) is 2. The van der Waals surface area contributed by atoms with Crippen molar-refractivity contribution in [2.24, 2.45) is 5.73 Å². The van der Waals surface area contributed by atoms with Crippen LogP contribution in [0.3, 0.4) is 0 Å². The van der Waals surface area contributed by atoms with Crippen molar-refractivity contribution in [3.8, 4) is 11.1 Å². The standard InChI is InChI=1S/C14H16N2O/c15-14(10-17)9-11-1-3-12(4-2-11)13-5-7-16-8-6-13/h1-8,14,17H,9-10,15H2. The van der Waals surface area contributed by atoms with Gasteiger partial charge in [-0.05, 0) is 35.2 Å². The van der Waals surface area contributed by atoms with Crippen molar-refractivity contribution in [1.29, 1.82) is 0 Å². The zero-order valence-electron chi connectivity index (χ0n) is 9.58. The molecule has 1 aromatic heterocycles. The van der Waals surface area contributed by atoms with Gasteiger partial charge < -0.3 is 10.8 Å². The number of aromatic nitrogens is 1. The minimum absolute atomic E-state index is 0.0199. The normalized spacial score (nSPS) is 12.4. The molecule has 1 unspecified atom stereocenters. The molecule has 0 spiro atoms. The van der Waals surface area contributed by atoms with Gasteiger partial charge in [-0.1, -0.05) is 24.3 Å². The van der Waals surface area contributed by atoms with Gasteiger partial charge in [-0.3, -0.25) is 4.98 Å². The zero-order valence-corrected chi connectivity index (χ0v) is 9.58. The Morgan fingerprint density at radius 3 is 2.18 bits per heavy atom. The molecule has 2 aromatic rings. The molecule has 88 valence electrons. The first-order valence-corrected chi connectivity index (χ1v) is 5.65. The summed E-state index contributed by atoms with van der Waals surface area (Å²) in [5.41, 5.74) is 9.15. The third-order valence-corrected chi connectivity index (χ3v) is 2.70. The van der Waals surface area contributed by atoms with E-state index in [0.29, 0.717) is 6.42 Å². The predicted octanol–water partition coefficient (Wildman–Crippen LogP) is 1.61. The first kappa shape index (κ1) is 11.8. The highest BCUT2D eigenvalue weighted by Gasteiger charge is 2.02. The molecule has 3 N–H and O–H groups in total. The number of aliphatic hydroxyl groups is 1. The predicted molar refractivity (Wildman–Crippen MR) is 68.4 cm³/mol. The number of nitrogens with zero attached hydrogens (tertiary/aromatic N) is 1. The zero-order chi connectivity index (χ0) is 12.1. The van der Waals surface area contributed by atoms with E-state index in [9.17, 15) is 0 Å². The van der Waals surface area contributed by atoms with E-state index in [4.69, 9.17) is 10.8 Å². The van der Waals surface area contributed by atoms with Crippen LogP contribution in [0.15, 0.2) is 48.8 Å². The van der Waals surface area contributed by atoms with Gasteiger partial charge in [0.2, 0.25) is 0 Å². The quantitative estimate of drug-likeness (QED) is 0.835. The van der Waals surface area contributed by atoms with Crippen LogP contribution in [0, 0.1) is 0 Å². The first-order valence-electron chi connectivity index (χ1n) is 5.65.